The first-order chi connectivity index (χ1) is 12.3. The molecule has 0 bridgehead atoms. The van der Waals surface area contributed by atoms with E-state index >= 15 is 0 Å². The quantitative estimate of drug-likeness (QED) is 0.751. The Labute approximate surface area is 149 Å². The maximum Gasteiger partial charge on any atom is 0.257 e. The number of amides is 1. The van der Waals surface area contributed by atoms with Crippen LogP contribution in [0.15, 0.2) is 54.6 Å². The third kappa shape index (κ3) is 5.61. The van der Waals surface area contributed by atoms with Crippen molar-refractivity contribution in [3.8, 4) is 16.9 Å². The molecule has 1 saturated heterocycles. The lowest BCUT2D eigenvalue weighted by atomic mass is 10.1. The van der Waals surface area contributed by atoms with Crippen LogP contribution in [-0.2, 0) is 4.79 Å². The second kappa shape index (κ2) is 9.23. The Balaban J connectivity index is 1.35. The summed E-state index contributed by atoms with van der Waals surface area (Å²) in [6.45, 7) is 4.26. The number of carbonyl (C=O) groups excluding carboxylic acids is 1. The first kappa shape index (κ1) is 17.5. The third-order valence-corrected chi connectivity index (χ3v) is 4.50. The van der Waals surface area contributed by atoms with Crippen molar-refractivity contribution in [2.45, 2.75) is 19.3 Å². The average molecular weight is 338 g/mol. The number of rotatable bonds is 8. The summed E-state index contributed by atoms with van der Waals surface area (Å²) >= 11 is 0. The second-order valence-corrected chi connectivity index (χ2v) is 6.43. The molecule has 1 aliphatic rings. The Morgan fingerprint density at radius 3 is 2.36 bits per heavy atom. The molecule has 1 heterocycles. The summed E-state index contributed by atoms with van der Waals surface area (Å²) in [5.41, 5.74) is 2.31. The van der Waals surface area contributed by atoms with Gasteiger partial charge in [0.1, 0.15) is 5.75 Å². The second-order valence-electron chi connectivity index (χ2n) is 6.43. The highest BCUT2D eigenvalue weighted by Crippen LogP contribution is 2.21. The number of nitrogens with one attached hydrogen (secondary N) is 1. The van der Waals surface area contributed by atoms with Gasteiger partial charge >= 0.3 is 0 Å². The van der Waals surface area contributed by atoms with E-state index in [-0.39, 0.29) is 12.5 Å². The number of carbonyl (C=O) groups is 1. The number of benzene rings is 2. The molecule has 0 radical (unpaired) electrons. The van der Waals surface area contributed by atoms with E-state index in [9.17, 15) is 4.79 Å². The molecule has 0 spiro atoms. The van der Waals surface area contributed by atoms with Crippen molar-refractivity contribution < 1.29 is 9.53 Å². The van der Waals surface area contributed by atoms with Crippen molar-refractivity contribution in [2.24, 2.45) is 0 Å². The molecule has 1 N–H and O–H groups in total. The topological polar surface area (TPSA) is 41.6 Å². The van der Waals surface area contributed by atoms with Crippen LogP contribution in [0.2, 0.25) is 0 Å². The molecule has 1 amide bonds. The van der Waals surface area contributed by atoms with Gasteiger partial charge in [-0.1, -0.05) is 42.5 Å². The van der Waals surface area contributed by atoms with E-state index in [2.05, 4.69) is 22.3 Å². The van der Waals surface area contributed by atoms with Gasteiger partial charge in [0, 0.05) is 6.54 Å². The molecular weight excluding hydrogens is 312 g/mol. The molecule has 0 aromatic heterocycles. The molecular formula is C21H26N2O2. The molecule has 4 heteroatoms. The van der Waals surface area contributed by atoms with Gasteiger partial charge in [0.25, 0.3) is 5.91 Å². The van der Waals surface area contributed by atoms with Crippen molar-refractivity contribution in [2.75, 3.05) is 32.8 Å². The molecule has 2 aromatic carbocycles. The fourth-order valence-electron chi connectivity index (χ4n) is 3.11. The van der Waals surface area contributed by atoms with Crippen molar-refractivity contribution in [3.05, 3.63) is 54.6 Å². The summed E-state index contributed by atoms with van der Waals surface area (Å²) in [6.07, 6.45) is 3.62. The molecule has 3 rings (SSSR count). The van der Waals surface area contributed by atoms with Crippen LogP contribution in [0.5, 0.6) is 5.75 Å². The van der Waals surface area contributed by atoms with E-state index < -0.39 is 0 Å². The van der Waals surface area contributed by atoms with Crippen molar-refractivity contribution in [1.29, 1.82) is 0 Å². The summed E-state index contributed by atoms with van der Waals surface area (Å²) in [5.74, 6) is 0.653. The van der Waals surface area contributed by atoms with Gasteiger partial charge in [-0.25, -0.2) is 0 Å². The molecule has 132 valence electrons. The molecule has 1 aliphatic heterocycles. The number of nitrogens with zero attached hydrogens (tertiary/aromatic N) is 1. The van der Waals surface area contributed by atoms with Crippen LogP contribution in [0.3, 0.4) is 0 Å². The first-order valence-electron chi connectivity index (χ1n) is 9.08. The minimum Gasteiger partial charge on any atom is -0.484 e. The lowest BCUT2D eigenvalue weighted by Crippen LogP contribution is -2.31. The molecule has 4 nitrogen and oxygen atoms in total. The Hall–Kier alpha value is -2.33. The predicted molar refractivity (Wildman–Crippen MR) is 101 cm³/mol. The van der Waals surface area contributed by atoms with Crippen molar-refractivity contribution in [3.63, 3.8) is 0 Å². The Morgan fingerprint density at radius 1 is 0.960 bits per heavy atom. The van der Waals surface area contributed by atoms with Gasteiger partial charge < -0.3 is 15.0 Å². The van der Waals surface area contributed by atoms with Crippen LogP contribution in [0.1, 0.15) is 19.3 Å². The van der Waals surface area contributed by atoms with Crippen molar-refractivity contribution in [1.82, 2.24) is 10.2 Å². The van der Waals surface area contributed by atoms with Crippen LogP contribution < -0.4 is 10.1 Å². The third-order valence-electron chi connectivity index (χ3n) is 4.50. The highest BCUT2D eigenvalue weighted by atomic mass is 16.5. The lowest BCUT2D eigenvalue weighted by molar-refractivity contribution is -0.123. The van der Waals surface area contributed by atoms with Gasteiger partial charge in [0.05, 0.1) is 0 Å². The summed E-state index contributed by atoms with van der Waals surface area (Å²) in [7, 11) is 0. The summed E-state index contributed by atoms with van der Waals surface area (Å²) in [5, 5.41) is 2.92. The SMILES string of the molecule is O=C(COc1ccc(-c2ccccc2)cc1)NCCCN1CCCC1. The average Bonchev–Trinajstić information content (AvgIpc) is 3.18. The number of ether oxygens (including phenoxy) is 1. The fraction of sp³-hybridized carbons (Fsp3) is 0.381. The van der Waals surface area contributed by atoms with E-state index in [1.807, 2.05) is 42.5 Å². The van der Waals surface area contributed by atoms with E-state index in [0.29, 0.717) is 12.3 Å². The van der Waals surface area contributed by atoms with E-state index in [1.165, 1.54) is 31.5 Å². The Bertz CT molecular complexity index is 649. The molecule has 0 aliphatic carbocycles. The lowest BCUT2D eigenvalue weighted by Gasteiger charge is -2.14. The van der Waals surface area contributed by atoms with Gasteiger partial charge in [-0.15, -0.1) is 0 Å². The van der Waals surface area contributed by atoms with Crippen LogP contribution in [0.4, 0.5) is 0 Å². The number of likely N-dealkylation sites (tertiary alicyclic amines) is 1. The highest BCUT2D eigenvalue weighted by Gasteiger charge is 2.10. The molecule has 0 atom stereocenters. The van der Waals surface area contributed by atoms with Crippen LogP contribution >= 0.6 is 0 Å². The van der Waals surface area contributed by atoms with E-state index in [0.717, 1.165) is 18.5 Å². The summed E-state index contributed by atoms with van der Waals surface area (Å²) in [4.78, 5) is 14.3. The molecule has 0 unspecified atom stereocenters. The van der Waals surface area contributed by atoms with Gasteiger partial charge in [-0.05, 0) is 62.2 Å². The van der Waals surface area contributed by atoms with E-state index in [4.69, 9.17) is 4.74 Å². The maximum absolute atomic E-state index is 11.9. The number of hydrogen-bond donors (Lipinski definition) is 1. The van der Waals surface area contributed by atoms with Gasteiger partial charge in [-0.3, -0.25) is 4.79 Å². The largest absolute Gasteiger partial charge is 0.484 e. The zero-order valence-corrected chi connectivity index (χ0v) is 14.6. The van der Waals surface area contributed by atoms with Crippen LogP contribution in [0.25, 0.3) is 11.1 Å². The fourth-order valence-corrected chi connectivity index (χ4v) is 3.11. The Kier molecular flexibility index (Phi) is 6.46. The van der Waals surface area contributed by atoms with Gasteiger partial charge in [0.2, 0.25) is 0 Å². The summed E-state index contributed by atoms with van der Waals surface area (Å²) < 4.78 is 5.57. The van der Waals surface area contributed by atoms with Gasteiger partial charge in [0.15, 0.2) is 6.61 Å². The number of hydrogen-bond acceptors (Lipinski definition) is 3. The molecule has 0 saturated carbocycles. The maximum atomic E-state index is 11.9. The molecule has 1 fully saturated rings. The standard InChI is InChI=1S/C21H26N2O2/c24-21(22-13-6-16-23-14-4-5-15-23)17-25-20-11-9-19(10-12-20)18-7-2-1-3-8-18/h1-3,7-12H,4-6,13-17H2,(H,22,24). The first-order valence-corrected chi connectivity index (χ1v) is 9.08. The van der Waals surface area contributed by atoms with Crippen LogP contribution in [0, 0.1) is 0 Å². The van der Waals surface area contributed by atoms with Crippen molar-refractivity contribution >= 4 is 5.91 Å². The summed E-state index contributed by atoms with van der Waals surface area (Å²) in [6, 6.07) is 18.0. The van der Waals surface area contributed by atoms with Crippen LogP contribution in [-0.4, -0.2) is 43.6 Å². The smallest absolute Gasteiger partial charge is 0.257 e. The van der Waals surface area contributed by atoms with E-state index in [1.54, 1.807) is 0 Å². The minimum absolute atomic E-state index is 0.0615. The molecule has 2 aromatic rings. The Morgan fingerprint density at radius 2 is 1.64 bits per heavy atom. The zero-order chi connectivity index (χ0) is 17.3. The molecule has 25 heavy (non-hydrogen) atoms. The van der Waals surface area contributed by atoms with Gasteiger partial charge in [-0.2, -0.15) is 0 Å². The normalized spacial score (nSPS) is 14.4. The minimum atomic E-state index is -0.0615. The zero-order valence-electron chi connectivity index (χ0n) is 14.6. The monoisotopic (exact) mass is 338 g/mol. The predicted octanol–water partition coefficient (Wildman–Crippen LogP) is 3.33. The highest BCUT2D eigenvalue weighted by molar-refractivity contribution is 5.77.